The first-order chi connectivity index (χ1) is 6.91. The van der Waals surface area contributed by atoms with Crippen LogP contribution in [0.25, 0.3) is 0 Å². The molecular formula is C10H11LiO4P+. The monoisotopic (exact) mass is 233 g/mol. The Morgan fingerprint density at radius 2 is 1.69 bits per heavy atom. The summed E-state index contributed by atoms with van der Waals surface area (Å²) in [7, 11) is -3.15. The quantitative estimate of drug-likeness (QED) is 0.475. The van der Waals surface area contributed by atoms with Crippen molar-refractivity contribution in [3.8, 4) is 0 Å². The standard InChI is InChI=1S/C10H11O4P.Li/c1-6-4-7(2)9(8(3)5-6)10(11)14-15(12)13;/h4-5H,1-3H3;/q;+1. The molecule has 1 aromatic rings. The first kappa shape index (κ1) is 15.3. The average Bonchev–Trinajstić information content (AvgIpc) is 1.99. The summed E-state index contributed by atoms with van der Waals surface area (Å²) >= 11 is 0. The third kappa shape index (κ3) is 3.73. The number of aryl methyl sites for hydroxylation is 3. The number of hydrogen-bond donors (Lipinski definition) is 0. The fourth-order valence-corrected chi connectivity index (χ4v) is 1.84. The molecule has 16 heavy (non-hydrogen) atoms. The van der Waals surface area contributed by atoms with E-state index in [0.29, 0.717) is 16.7 Å². The number of hydrogen-bond acceptors (Lipinski definition) is 4. The first-order valence-electron chi connectivity index (χ1n) is 4.36. The van der Waals surface area contributed by atoms with E-state index in [1.54, 1.807) is 13.8 Å². The Morgan fingerprint density at radius 1 is 1.25 bits per heavy atom. The molecule has 80 valence electrons. The van der Waals surface area contributed by atoms with Gasteiger partial charge in [-0.15, -0.1) is 0 Å². The van der Waals surface area contributed by atoms with Crippen LogP contribution in [-0.2, 0) is 9.09 Å². The summed E-state index contributed by atoms with van der Waals surface area (Å²) in [5, 5.41) is 0. The molecule has 0 amide bonds. The molecule has 1 aromatic carbocycles. The van der Waals surface area contributed by atoms with Crippen LogP contribution in [0.1, 0.15) is 27.0 Å². The van der Waals surface area contributed by atoms with Crippen LogP contribution in [0.2, 0.25) is 0 Å². The molecule has 1 rings (SSSR count). The van der Waals surface area contributed by atoms with Crippen LogP contribution >= 0.6 is 8.25 Å². The van der Waals surface area contributed by atoms with Gasteiger partial charge in [0.05, 0.1) is 5.56 Å². The first-order valence-corrected chi connectivity index (χ1v) is 5.46. The number of rotatable bonds is 2. The SMILES string of the molecule is Cc1cc(C)c(C(=O)O[P+](=O)[O-])c(C)c1.[Li+]. The number of carbonyl (C=O) groups is 1. The molecule has 6 heteroatoms. The van der Waals surface area contributed by atoms with Gasteiger partial charge in [0.15, 0.2) is 0 Å². The van der Waals surface area contributed by atoms with E-state index < -0.39 is 14.2 Å². The van der Waals surface area contributed by atoms with Gasteiger partial charge in [0.2, 0.25) is 0 Å². The molecular weight excluding hydrogens is 222 g/mol. The number of carbonyl (C=O) groups excluding carboxylic acids is 1. The van der Waals surface area contributed by atoms with Crippen LogP contribution in [-0.4, -0.2) is 5.97 Å². The summed E-state index contributed by atoms with van der Waals surface area (Å²) in [5.74, 6) is -0.818. The van der Waals surface area contributed by atoms with E-state index in [-0.39, 0.29) is 18.9 Å². The van der Waals surface area contributed by atoms with Crippen LogP contribution in [0.4, 0.5) is 0 Å². The van der Waals surface area contributed by atoms with Gasteiger partial charge in [0.1, 0.15) is 0 Å². The zero-order valence-corrected chi connectivity index (χ0v) is 10.6. The van der Waals surface area contributed by atoms with Gasteiger partial charge in [-0.05, 0) is 36.5 Å². The van der Waals surface area contributed by atoms with Crippen molar-refractivity contribution in [2.45, 2.75) is 20.8 Å². The second kappa shape index (κ2) is 6.17. The van der Waals surface area contributed by atoms with E-state index in [9.17, 15) is 14.3 Å². The molecule has 0 saturated heterocycles. The van der Waals surface area contributed by atoms with Crippen molar-refractivity contribution >= 4 is 14.2 Å². The molecule has 0 heterocycles. The van der Waals surface area contributed by atoms with Gasteiger partial charge in [0, 0.05) is 0 Å². The molecule has 4 nitrogen and oxygen atoms in total. The Labute approximate surface area is 107 Å². The van der Waals surface area contributed by atoms with Crippen LogP contribution < -0.4 is 23.8 Å². The Morgan fingerprint density at radius 3 is 2.06 bits per heavy atom. The molecule has 1 unspecified atom stereocenters. The van der Waals surface area contributed by atoms with Crippen molar-refractivity contribution in [2.24, 2.45) is 0 Å². The normalized spacial score (nSPS) is 10.4. The molecule has 0 spiro atoms. The summed E-state index contributed by atoms with van der Waals surface area (Å²) in [6.45, 7) is 5.39. The van der Waals surface area contributed by atoms with E-state index in [1.807, 2.05) is 19.1 Å². The maximum Gasteiger partial charge on any atom is 1.00 e. The molecule has 0 N–H and O–H groups in total. The Bertz CT molecular complexity index is 408. The summed E-state index contributed by atoms with van der Waals surface area (Å²) in [6.07, 6.45) is 0. The zero-order chi connectivity index (χ0) is 11.6. The second-order valence-corrected chi connectivity index (χ2v) is 4.01. The minimum atomic E-state index is -3.15. The average molecular weight is 233 g/mol. The molecule has 0 aliphatic carbocycles. The van der Waals surface area contributed by atoms with Gasteiger partial charge in [-0.3, -0.25) is 0 Å². The van der Waals surface area contributed by atoms with E-state index in [4.69, 9.17) is 0 Å². The predicted octanol–water partition coefficient (Wildman–Crippen LogP) is -1.21. The van der Waals surface area contributed by atoms with Crippen molar-refractivity contribution in [2.75, 3.05) is 0 Å². The van der Waals surface area contributed by atoms with Crippen molar-refractivity contribution in [1.29, 1.82) is 0 Å². The fourth-order valence-electron chi connectivity index (χ4n) is 1.62. The maximum absolute atomic E-state index is 11.4. The summed E-state index contributed by atoms with van der Waals surface area (Å²) < 4.78 is 14.4. The topological polar surface area (TPSA) is 66.4 Å². The van der Waals surface area contributed by atoms with Crippen LogP contribution in [0.3, 0.4) is 0 Å². The molecule has 1 atom stereocenters. The van der Waals surface area contributed by atoms with Gasteiger partial charge < -0.3 is 4.89 Å². The van der Waals surface area contributed by atoms with Crippen LogP contribution in [0, 0.1) is 20.8 Å². The Balaban J connectivity index is 0.00000225. The van der Waals surface area contributed by atoms with Crippen LogP contribution in [0.15, 0.2) is 12.1 Å². The number of benzene rings is 1. The minimum absolute atomic E-state index is 0. The predicted molar refractivity (Wildman–Crippen MR) is 53.7 cm³/mol. The third-order valence-electron chi connectivity index (χ3n) is 2.04. The maximum atomic E-state index is 11.4. The summed E-state index contributed by atoms with van der Waals surface area (Å²) in [5.41, 5.74) is 2.77. The minimum Gasteiger partial charge on any atom is -0.558 e. The molecule has 0 aliphatic heterocycles. The van der Waals surface area contributed by atoms with E-state index in [2.05, 4.69) is 4.52 Å². The molecule has 0 bridgehead atoms. The van der Waals surface area contributed by atoms with E-state index >= 15 is 0 Å². The van der Waals surface area contributed by atoms with Gasteiger partial charge in [0.25, 0.3) is 0 Å². The van der Waals surface area contributed by atoms with Crippen molar-refractivity contribution in [3.05, 3.63) is 34.4 Å². The van der Waals surface area contributed by atoms with Gasteiger partial charge in [-0.25, -0.2) is 9.32 Å². The summed E-state index contributed by atoms with van der Waals surface area (Å²) in [6, 6.07) is 3.61. The van der Waals surface area contributed by atoms with E-state index in [1.165, 1.54) is 0 Å². The molecule has 0 radical (unpaired) electrons. The smallest absolute Gasteiger partial charge is 0.558 e. The molecule has 0 fully saturated rings. The fraction of sp³-hybridized carbons (Fsp3) is 0.300. The Kier molecular flexibility index (Phi) is 5.92. The largest absolute Gasteiger partial charge is 1.00 e. The van der Waals surface area contributed by atoms with Gasteiger partial charge in [-0.1, -0.05) is 17.7 Å². The second-order valence-electron chi connectivity index (χ2n) is 3.38. The van der Waals surface area contributed by atoms with Gasteiger partial charge in [-0.2, -0.15) is 0 Å². The zero-order valence-electron chi connectivity index (χ0n) is 9.73. The summed E-state index contributed by atoms with van der Waals surface area (Å²) in [4.78, 5) is 21.7. The molecule has 0 saturated carbocycles. The Hall–Kier alpha value is -0.653. The van der Waals surface area contributed by atoms with Gasteiger partial charge >= 0.3 is 33.1 Å². The van der Waals surface area contributed by atoms with E-state index in [0.717, 1.165) is 5.56 Å². The van der Waals surface area contributed by atoms with Crippen molar-refractivity contribution < 1.29 is 37.6 Å². The van der Waals surface area contributed by atoms with Crippen molar-refractivity contribution in [3.63, 3.8) is 0 Å². The molecule has 0 aliphatic rings. The van der Waals surface area contributed by atoms with Crippen LogP contribution in [0.5, 0.6) is 0 Å². The molecule has 0 aromatic heterocycles. The third-order valence-corrected chi connectivity index (χ3v) is 2.35. The van der Waals surface area contributed by atoms with Crippen molar-refractivity contribution in [1.82, 2.24) is 0 Å².